The molecule has 4 aliphatic heterocycles. The smallest absolute Gasteiger partial charge is 0.151 e. The van der Waals surface area contributed by atoms with Crippen molar-refractivity contribution in [2.45, 2.75) is 82.0 Å². The molecule has 6 heterocycles. The van der Waals surface area contributed by atoms with Gasteiger partial charge in [0.25, 0.3) is 0 Å². The van der Waals surface area contributed by atoms with Gasteiger partial charge in [-0.1, -0.05) is 0 Å². The first kappa shape index (κ1) is 30.9. The highest BCUT2D eigenvalue weighted by Gasteiger charge is 2.40. The molecule has 49 heavy (non-hydrogen) atoms. The number of piperidine rings is 1. The Labute approximate surface area is 281 Å². The van der Waals surface area contributed by atoms with Crippen molar-refractivity contribution in [2.75, 3.05) is 36.0 Å². The average Bonchev–Trinajstić information content (AvgIpc) is 3.93. The Balaban J connectivity index is 1.14. The SMILES string of the molecule is Fc1cc2nc(C3CCCN3)[nH]c2cc1[C@H]1CC[C@H](c2cc3[nH]c(C4CCCN4)nc3cc2F)N1c1cc(F)c(N2CCCCC2)c(F)c1. The largest absolute Gasteiger partial charge is 0.367 e. The molecule has 4 fully saturated rings. The van der Waals surface area contributed by atoms with Gasteiger partial charge < -0.3 is 30.4 Å². The van der Waals surface area contributed by atoms with Crippen molar-refractivity contribution in [3.8, 4) is 0 Å². The van der Waals surface area contributed by atoms with E-state index in [1.54, 1.807) is 17.0 Å². The van der Waals surface area contributed by atoms with E-state index in [0.717, 1.165) is 69.7 Å². The highest BCUT2D eigenvalue weighted by atomic mass is 19.1. The lowest BCUT2D eigenvalue weighted by molar-refractivity contribution is 0.527. The third-order valence-corrected chi connectivity index (χ3v) is 11.1. The highest BCUT2D eigenvalue weighted by molar-refractivity contribution is 5.78. The lowest BCUT2D eigenvalue weighted by Gasteiger charge is -2.35. The van der Waals surface area contributed by atoms with Crippen molar-refractivity contribution in [1.82, 2.24) is 30.6 Å². The first-order valence-electron chi connectivity index (χ1n) is 17.8. The highest BCUT2D eigenvalue weighted by Crippen LogP contribution is 2.50. The second kappa shape index (κ2) is 12.3. The van der Waals surface area contributed by atoms with Gasteiger partial charge in [0.1, 0.15) is 29.0 Å². The summed E-state index contributed by atoms with van der Waals surface area (Å²) in [6, 6.07) is 8.02. The van der Waals surface area contributed by atoms with Gasteiger partial charge in [0.15, 0.2) is 11.6 Å². The number of imidazole rings is 2. The normalized spacial score (nSPS) is 24.7. The topological polar surface area (TPSA) is 87.9 Å². The average molecular weight is 673 g/mol. The number of hydrogen-bond donors (Lipinski definition) is 4. The maximum atomic E-state index is 16.1. The molecule has 9 rings (SSSR count). The molecule has 3 aromatic carbocycles. The zero-order valence-corrected chi connectivity index (χ0v) is 27.3. The van der Waals surface area contributed by atoms with E-state index in [0.29, 0.717) is 59.1 Å². The van der Waals surface area contributed by atoms with Gasteiger partial charge in [-0.05, 0) is 95.1 Å². The lowest BCUT2D eigenvalue weighted by Crippen LogP contribution is -2.32. The van der Waals surface area contributed by atoms with Crippen LogP contribution in [0.4, 0.5) is 28.9 Å². The molecule has 0 bridgehead atoms. The molecule has 4 N–H and O–H groups in total. The fraction of sp³-hybridized carbons (Fsp3) is 0.459. The number of anilines is 2. The number of nitrogens with one attached hydrogen (secondary N) is 4. The summed E-state index contributed by atoms with van der Waals surface area (Å²) in [6.45, 7) is 2.99. The quantitative estimate of drug-likeness (QED) is 0.137. The van der Waals surface area contributed by atoms with Crippen molar-refractivity contribution < 1.29 is 17.6 Å². The first-order chi connectivity index (χ1) is 23.9. The second-order valence-corrected chi connectivity index (χ2v) is 14.1. The van der Waals surface area contributed by atoms with Crippen LogP contribution in [-0.4, -0.2) is 46.1 Å². The molecule has 4 saturated heterocycles. The lowest BCUT2D eigenvalue weighted by atomic mass is 10.0. The molecule has 8 nitrogen and oxygen atoms in total. The van der Waals surface area contributed by atoms with Crippen molar-refractivity contribution in [3.63, 3.8) is 0 Å². The van der Waals surface area contributed by atoms with Crippen molar-refractivity contribution >= 4 is 33.4 Å². The number of hydrogen-bond acceptors (Lipinski definition) is 6. The van der Waals surface area contributed by atoms with Crippen LogP contribution in [0.15, 0.2) is 36.4 Å². The van der Waals surface area contributed by atoms with E-state index >= 15 is 17.6 Å². The van der Waals surface area contributed by atoms with Gasteiger partial charge in [-0.15, -0.1) is 0 Å². The second-order valence-electron chi connectivity index (χ2n) is 14.1. The Kier molecular flexibility index (Phi) is 7.76. The molecule has 12 heteroatoms. The third kappa shape index (κ3) is 5.43. The zero-order valence-electron chi connectivity index (χ0n) is 27.3. The minimum absolute atomic E-state index is 0.0352. The number of fused-ring (bicyclic) bond motifs is 2. The van der Waals surface area contributed by atoms with Crippen LogP contribution in [0.3, 0.4) is 0 Å². The maximum absolute atomic E-state index is 16.1. The van der Waals surface area contributed by atoms with E-state index in [4.69, 9.17) is 0 Å². The zero-order chi connectivity index (χ0) is 33.2. The third-order valence-electron chi connectivity index (χ3n) is 11.1. The Hall–Kier alpha value is -4.16. The summed E-state index contributed by atoms with van der Waals surface area (Å²) in [4.78, 5) is 19.7. The van der Waals surface area contributed by atoms with Crippen LogP contribution in [0, 0.1) is 23.3 Å². The molecule has 0 spiro atoms. The van der Waals surface area contributed by atoms with Crippen molar-refractivity contribution in [1.29, 1.82) is 0 Å². The van der Waals surface area contributed by atoms with Crippen LogP contribution in [-0.2, 0) is 0 Å². The van der Waals surface area contributed by atoms with Gasteiger partial charge >= 0.3 is 0 Å². The van der Waals surface area contributed by atoms with E-state index in [9.17, 15) is 0 Å². The fourth-order valence-electron chi connectivity index (χ4n) is 8.71. The van der Waals surface area contributed by atoms with Gasteiger partial charge in [-0.25, -0.2) is 27.5 Å². The fourth-order valence-corrected chi connectivity index (χ4v) is 8.71. The van der Waals surface area contributed by atoms with Crippen LogP contribution < -0.4 is 20.4 Å². The Morgan fingerprint density at radius 2 is 1.08 bits per heavy atom. The van der Waals surface area contributed by atoms with Gasteiger partial charge in [0.2, 0.25) is 0 Å². The molecule has 2 aromatic heterocycles. The molecule has 5 aromatic rings. The van der Waals surface area contributed by atoms with Gasteiger partial charge in [0.05, 0.1) is 46.2 Å². The number of H-pyrrole nitrogens is 2. The first-order valence-corrected chi connectivity index (χ1v) is 17.8. The summed E-state index contributed by atoms with van der Waals surface area (Å²) in [5.74, 6) is -0.709. The van der Waals surface area contributed by atoms with Crippen LogP contribution >= 0.6 is 0 Å². The minimum Gasteiger partial charge on any atom is -0.367 e. The summed E-state index contributed by atoms with van der Waals surface area (Å²) >= 11 is 0. The van der Waals surface area contributed by atoms with Crippen molar-refractivity contribution in [2.24, 2.45) is 0 Å². The van der Waals surface area contributed by atoms with Crippen LogP contribution in [0.25, 0.3) is 22.1 Å². The number of benzene rings is 3. The molecular weight excluding hydrogens is 632 g/mol. The molecule has 0 radical (unpaired) electrons. The number of aromatic amines is 2. The van der Waals surface area contributed by atoms with Crippen molar-refractivity contribution in [3.05, 3.63) is 82.4 Å². The number of halogens is 4. The van der Waals surface area contributed by atoms with Crippen LogP contribution in [0.5, 0.6) is 0 Å². The Morgan fingerprint density at radius 3 is 1.55 bits per heavy atom. The van der Waals surface area contributed by atoms with E-state index < -0.39 is 35.4 Å². The van der Waals surface area contributed by atoms with Crippen LogP contribution in [0.2, 0.25) is 0 Å². The van der Waals surface area contributed by atoms with Gasteiger partial charge in [0, 0.05) is 42.0 Å². The van der Waals surface area contributed by atoms with E-state index in [2.05, 4.69) is 30.6 Å². The molecule has 4 aliphatic rings. The molecule has 0 amide bonds. The summed E-state index contributed by atoms with van der Waals surface area (Å²) in [5, 5.41) is 6.86. The Bertz CT molecular complexity index is 1890. The van der Waals surface area contributed by atoms with E-state index in [1.165, 1.54) is 24.3 Å². The summed E-state index contributed by atoms with van der Waals surface area (Å²) < 4.78 is 64.3. The van der Waals surface area contributed by atoms with E-state index in [-0.39, 0.29) is 23.5 Å². The molecule has 0 aliphatic carbocycles. The maximum Gasteiger partial charge on any atom is 0.151 e. The number of nitrogens with zero attached hydrogens (tertiary/aromatic N) is 4. The van der Waals surface area contributed by atoms with Gasteiger partial charge in [-0.2, -0.15) is 0 Å². The molecule has 2 unspecified atom stereocenters. The minimum atomic E-state index is -0.669. The predicted molar refractivity (Wildman–Crippen MR) is 182 cm³/mol. The molecule has 256 valence electrons. The Morgan fingerprint density at radius 1 is 0.571 bits per heavy atom. The number of aromatic nitrogens is 4. The monoisotopic (exact) mass is 672 g/mol. The van der Waals surface area contributed by atoms with Crippen LogP contribution in [0.1, 0.15) is 105 Å². The van der Waals surface area contributed by atoms with Gasteiger partial charge in [-0.3, -0.25) is 0 Å². The number of rotatable bonds is 6. The summed E-state index contributed by atoms with van der Waals surface area (Å²) in [7, 11) is 0. The summed E-state index contributed by atoms with van der Waals surface area (Å²) in [5.41, 5.74) is 3.41. The molecular formula is C37H40F4N8. The molecule has 4 atom stereocenters. The molecule has 0 saturated carbocycles. The van der Waals surface area contributed by atoms with E-state index in [1.807, 2.05) is 4.90 Å². The summed E-state index contributed by atoms with van der Waals surface area (Å²) in [6.07, 6.45) is 7.67. The standard InChI is InChI=1S/C37H40F4N8/c38-23-18-31-29(44-36(46-31)27-6-4-10-42-27)16-21(23)33-8-9-34(22-17-30-32(19-24(22)39)47-37(45-30)28-7-5-11-43-28)49(33)20-14-25(40)35(26(41)15-20)48-12-2-1-3-13-48/h14-19,27-28,33-34,42-43H,1-13H2,(H,44,46)(H,45,47)/t27?,28?,33-,34-/m1/s1. The predicted octanol–water partition coefficient (Wildman–Crippen LogP) is 7.92.